The van der Waals surface area contributed by atoms with Crippen LogP contribution in [0.4, 0.5) is 0 Å². The zero-order valence-corrected chi connectivity index (χ0v) is 12.1. The topological polar surface area (TPSA) is 52.0 Å². The van der Waals surface area contributed by atoms with E-state index in [0.29, 0.717) is 6.61 Å². The van der Waals surface area contributed by atoms with E-state index in [-0.39, 0.29) is 6.04 Å². The molecule has 1 N–H and O–H groups in total. The number of aryl methyl sites for hydroxylation is 1. The van der Waals surface area contributed by atoms with Crippen LogP contribution in [0.3, 0.4) is 0 Å². The van der Waals surface area contributed by atoms with E-state index in [1.807, 2.05) is 36.0 Å². The molecular weight excluding hydrogens is 252 g/mol. The zero-order chi connectivity index (χ0) is 14.2. The van der Waals surface area contributed by atoms with Gasteiger partial charge in [0.05, 0.1) is 12.8 Å². The van der Waals surface area contributed by atoms with Gasteiger partial charge >= 0.3 is 0 Å². The van der Waals surface area contributed by atoms with Gasteiger partial charge in [-0.25, -0.2) is 0 Å². The van der Waals surface area contributed by atoms with Crippen molar-refractivity contribution in [3.8, 4) is 5.75 Å². The summed E-state index contributed by atoms with van der Waals surface area (Å²) in [5.74, 6) is 0.964. The molecule has 0 bridgehead atoms. The van der Waals surface area contributed by atoms with Gasteiger partial charge in [-0.05, 0) is 32.9 Å². The normalized spacial score (nSPS) is 12.3. The summed E-state index contributed by atoms with van der Waals surface area (Å²) in [5, 5.41) is 11.3. The van der Waals surface area contributed by atoms with E-state index in [0.717, 1.165) is 25.3 Å². The molecule has 0 aliphatic heterocycles. The molecule has 1 unspecified atom stereocenters. The first-order valence-corrected chi connectivity index (χ1v) is 7.10. The number of ether oxygens (including phenoxy) is 1. The van der Waals surface area contributed by atoms with Gasteiger partial charge < -0.3 is 10.1 Å². The first kappa shape index (κ1) is 14.5. The maximum atomic E-state index is 5.66. The second-order valence-corrected chi connectivity index (χ2v) is 4.67. The molecule has 5 heteroatoms. The van der Waals surface area contributed by atoms with Gasteiger partial charge in [-0.3, -0.25) is 4.68 Å². The van der Waals surface area contributed by atoms with Gasteiger partial charge in [-0.2, -0.15) is 0 Å². The van der Waals surface area contributed by atoms with Crippen molar-refractivity contribution in [2.24, 2.45) is 0 Å². The molecule has 0 amide bonds. The molecule has 1 atom stereocenters. The third-order valence-electron chi connectivity index (χ3n) is 3.17. The molecule has 0 saturated heterocycles. The number of aromatic nitrogens is 3. The van der Waals surface area contributed by atoms with Gasteiger partial charge in [-0.15, -0.1) is 5.10 Å². The van der Waals surface area contributed by atoms with Gasteiger partial charge in [0.15, 0.2) is 0 Å². The second-order valence-electron chi connectivity index (χ2n) is 4.67. The smallest absolute Gasteiger partial charge is 0.124 e. The molecule has 1 aromatic carbocycles. The second kappa shape index (κ2) is 7.65. The Bertz CT molecular complexity index is 498. The molecule has 0 radical (unpaired) electrons. The Hall–Kier alpha value is -1.88. The fourth-order valence-corrected chi connectivity index (χ4v) is 2.15. The van der Waals surface area contributed by atoms with Crippen LogP contribution in [0.2, 0.25) is 0 Å². The third-order valence-corrected chi connectivity index (χ3v) is 3.17. The van der Waals surface area contributed by atoms with E-state index < -0.39 is 0 Å². The molecule has 0 aliphatic carbocycles. The Morgan fingerprint density at radius 2 is 2.20 bits per heavy atom. The van der Waals surface area contributed by atoms with Crippen molar-refractivity contribution in [3.05, 3.63) is 42.2 Å². The van der Waals surface area contributed by atoms with Crippen LogP contribution in [0.5, 0.6) is 5.75 Å². The summed E-state index contributed by atoms with van der Waals surface area (Å²) in [6.07, 6.45) is 4.60. The molecule has 5 nitrogen and oxygen atoms in total. The fraction of sp³-hybridized carbons (Fsp3) is 0.467. The lowest BCUT2D eigenvalue weighted by Crippen LogP contribution is -2.21. The van der Waals surface area contributed by atoms with E-state index in [1.54, 1.807) is 6.20 Å². The van der Waals surface area contributed by atoms with Gasteiger partial charge in [0.1, 0.15) is 5.75 Å². The van der Waals surface area contributed by atoms with Crippen LogP contribution in [0.1, 0.15) is 31.9 Å². The predicted molar refractivity (Wildman–Crippen MR) is 78.7 cm³/mol. The fourth-order valence-electron chi connectivity index (χ4n) is 2.15. The highest BCUT2D eigenvalue weighted by atomic mass is 16.5. The molecule has 0 fully saturated rings. The maximum Gasteiger partial charge on any atom is 0.124 e. The van der Waals surface area contributed by atoms with Crippen LogP contribution in [0.15, 0.2) is 36.7 Å². The number of hydrogen-bond donors (Lipinski definition) is 1. The van der Waals surface area contributed by atoms with Crippen molar-refractivity contribution in [2.45, 2.75) is 32.9 Å². The Morgan fingerprint density at radius 3 is 2.95 bits per heavy atom. The van der Waals surface area contributed by atoms with Crippen molar-refractivity contribution >= 4 is 0 Å². The minimum absolute atomic E-state index is 0.272. The van der Waals surface area contributed by atoms with Gasteiger partial charge in [0, 0.05) is 24.3 Å². The molecule has 0 aliphatic rings. The summed E-state index contributed by atoms with van der Waals surface area (Å²) in [5.41, 5.74) is 1.20. The van der Waals surface area contributed by atoms with Crippen molar-refractivity contribution in [2.75, 3.05) is 13.2 Å². The van der Waals surface area contributed by atoms with Crippen LogP contribution in [-0.2, 0) is 6.54 Å². The van der Waals surface area contributed by atoms with E-state index in [1.165, 1.54) is 5.56 Å². The summed E-state index contributed by atoms with van der Waals surface area (Å²) in [6.45, 7) is 6.67. The largest absolute Gasteiger partial charge is 0.494 e. The summed E-state index contributed by atoms with van der Waals surface area (Å²) < 4.78 is 7.51. The number of para-hydroxylation sites is 1. The van der Waals surface area contributed by atoms with Gasteiger partial charge in [-0.1, -0.05) is 23.4 Å². The molecule has 2 aromatic rings. The highest BCUT2D eigenvalue weighted by molar-refractivity contribution is 5.35. The first-order chi connectivity index (χ1) is 9.81. The average Bonchev–Trinajstić information content (AvgIpc) is 2.97. The molecule has 2 rings (SSSR count). The summed E-state index contributed by atoms with van der Waals surface area (Å²) in [4.78, 5) is 0. The number of nitrogens with one attached hydrogen (secondary N) is 1. The van der Waals surface area contributed by atoms with E-state index >= 15 is 0 Å². The maximum absolute atomic E-state index is 5.66. The summed E-state index contributed by atoms with van der Waals surface area (Å²) in [6, 6.07) is 8.46. The SMILES string of the molecule is CCOc1ccccc1C(C)NCCCn1ccnn1. The van der Waals surface area contributed by atoms with E-state index in [2.05, 4.69) is 28.6 Å². The highest BCUT2D eigenvalue weighted by Crippen LogP contribution is 2.24. The highest BCUT2D eigenvalue weighted by Gasteiger charge is 2.10. The van der Waals surface area contributed by atoms with Crippen LogP contribution in [0.25, 0.3) is 0 Å². The lowest BCUT2D eigenvalue weighted by molar-refractivity contribution is 0.332. The van der Waals surface area contributed by atoms with Crippen LogP contribution < -0.4 is 10.1 Å². The first-order valence-electron chi connectivity index (χ1n) is 7.10. The van der Waals surface area contributed by atoms with Crippen LogP contribution in [-0.4, -0.2) is 28.1 Å². The minimum Gasteiger partial charge on any atom is -0.494 e. The van der Waals surface area contributed by atoms with Crippen molar-refractivity contribution < 1.29 is 4.74 Å². The Labute approximate surface area is 120 Å². The Morgan fingerprint density at radius 1 is 1.35 bits per heavy atom. The monoisotopic (exact) mass is 274 g/mol. The van der Waals surface area contributed by atoms with E-state index in [4.69, 9.17) is 4.74 Å². The zero-order valence-electron chi connectivity index (χ0n) is 12.1. The van der Waals surface area contributed by atoms with Crippen molar-refractivity contribution in [3.63, 3.8) is 0 Å². The summed E-state index contributed by atoms with van der Waals surface area (Å²) >= 11 is 0. The predicted octanol–water partition coefficient (Wildman–Crippen LogP) is 2.42. The molecular formula is C15H22N4O. The molecule has 20 heavy (non-hydrogen) atoms. The number of hydrogen-bond acceptors (Lipinski definition) is 4. The molecule has 0 saturated carbocycles. The average molecular weight is 274 g/mol. The molecule has 0 spiro atoms. The number of nitrogens with zero attached hydrogens (tertiary/aromatic N) is 3. The van der Waals surface area contributed by atoms with E-state index in [9.17, 15) is 0 Å². The standard InChI is InChI=1S/C15H22N4O/c1-3-20-15-8-5-4-7-14(15)13(2)16-9-6-11-19-12-10-17-18-19/h4-5,7-8,10,12-13,16H,3,6,9,11H2,1-2H3. The summed E-state index contributed by atoms with van der Waals surface area (Å²) in [7, 11) is 0. The van der Waals surface area contributed by atoms with Gasteiger partial charge in [0.2, 0.25) is 0 Å². The molecule has 108 valence electrons. The Balaban J connectivity index is 1.80. The number of benzene rings is 1. The lowest BCUT2D eigenvalue weighted by atomic mass is 10.1. The lowest BCUT2D eigenvalue weighted by Gasteiger charge is -2.17. The van der Waals surface area contributed by atoms with Crippen molar-refractivity contribution in [1.82, 2.24) is 20.3 Å². The van der Waals surface area contributed by atoms with Crippen LogP contribution in [0, 0.1) is 0 Å². The third kappa shape index (κ3) is 4.06. The quantitative estimate of drug-likeness (QED) is 0.751. The number of rotatable bonds is 8. The molecule has 1 heterocycles. The van der Waals surface area contributed by atoms with Crippen LogP contribution >= 0.6 is 0 Å². The molecule has 1 aromatic heterocycles. The van der Waals surface area contributed by atoms with Gasteiger partial charge in [0.25, 0.3) is 0 Å². The Kier molecular flexibility index (Phi) is 5.55. The minimum atomic E-state index is 0.272. The van der Waals surface area contributed by atoms with Crippen molar-refractivity contribution in [1.29, 1.82) is 0 Å².